The first-order chi connectivity index (χ1) is 8.47. The van der Waals surface area contributed by atoms with Crippen molar-refractivity contribution < 1.29 is 4.74 Å². The third kappa shape index (κ3) is 3.64. The van der Waals surface area contributed by atoms with E-state index in [1.165, 1.54) is 22.4 Å². The monoisotopic (exact) mass is 250 g/mol. The van der Waals surface area contributed by atoms with E-state index in [4.69, 9.17) is 10.5 Å². The van der Waals surface area contributed by atoms with Gasteiger partial charge in [-0.05, 0) is 63.3 Å². The summed E-state index contributed by atoms with van der Waals surface area (Å²) in [4.78, 5) is 0. The van der Waals surface area contributed by atoms with Crippen molar-refractivity contribution in [2.45, 2.75) is 46.6 Å². The van der Waals surface area contributed by atoms with Crippen LogP contribution < -0.4 is 15.8 Å². The number of aryl methyl sites for hydroxylation is 1. The minimum absolute atomic E-state index is 0.284. The first kappa shape index (κ1) is 14.8. The molecule has 0 radical (unpaired) electrons. The summed E-state index contributed by atoms with van der Waals surface area (Å²) in [6.07, 6.45) is 2.15. The third-order valence-corrected chi connectivity index (χ3v) is 3.41. The van der Waals surface area contributed by atoms with Gasteiger partial charge in [0.2, 0.25) is 0 Å². The molecule has 0 fully saturated rings. The van der Waals surface area contributed by atoms with Crippen LogP contribution in [-0.2, 0) is 0 Å². The van der Waals surface area contributed by atoms with E-state index < -0.39 is 0 Å². The zero-order chi connectivity index (χ0) is 13.7. The van der Waals surface area contributed by atoms with Crippen molar-refractivity contribution in [2.75, 3.05) is 19.0 Å². The number of ether oxygens (including phenoxy) is 1. The summed E-state index contributed by atoms with van der Waals surface area (Å²) in [5.74, 6) is 0.964. The number of nitrogens with two attached hydrogens (primary N) is 1. The smallest absolute Gasteiger partial charge is 0.122 e. The maximum Gasteiger partial charge on any atom is 0.122 e. The average Bonchev–Trinajstić information content (AvgIpc) is 2.32. The molecule has 3 N–H and O–H groups in total. The Morgan fingerprint density at radius 3 is 2.50 bits per heavy atom. The first-order valence-electron chi connectivity index (χ1n) is 6.61. The molecular weight excluding hydrogens is 224 g/mol. The molecule has 3 heteroatoms. The molecule has 0 bridgehead atoms. The fourth-order valence-electron chi connectivity index (χ4n) is 2.17. The molecule has 18 heavy (non-hydrogen) atoms. The van der Waals surface area contributed by atoms with Crippen molar-refractivity contribution in [1.82, 2.24) is 0 Å². The molecule has 1 aromatic rings. The Morgan fingerprint density at radius 1 is 1.28 bits per heavy atom. The molecule has 1 atom stereocenters. The molecule has 0 amide bonds. The molecule has 0 aliphatic heterocycles. The van der Waals surface area contributed by atoms with Gasteiger partial charge in [0.05, 0.1) is 7.11 Å². The zero-order valence-electron chi connectivity index (χ0n) is 12.3. The molecule has 0 heterocycles. The molecule has 1 aromatic carbocycles. The summed E-state index contributed by atoms with van der Waals surface area (Å²) in [6.45, 7) is 9.37. The minimum Gasteiger partial charge on any atom is -0.496 e. The summed E-state index contributed by atoms with van der Waals surface area (Å²) in [7, 11) is 1.72. The van der Waals surface area contributed by atoms with Gasteiger partial charge in [-0.2, -0.15) is 0 Å². The lowest BCUT2D eigenvalue weighted by Gasteiger charge is -2.17. The lowest BCUT2D eigenvalue weighted by atomic mass is 10.0. The van der Waals surface area contributed by atoms with Crippen LogP contribution in [0.15, 0.2) is 6.07 Å². The Morgan fingerprint density at radius 2 is 1.94 bits per heavy atom. The van der Waals surface area contributed by atoms with E-state index in [9.17, 15) is 0 Å². The highest BCUT2D eigenvalue weighted by molar-refractivity contribution is 5.63. The molecule has 0 aliphatic rings. The van der Waals surface area contributed by atoms with Gasteiger partial charge in [0.1, 0.15) is 5.75 Å². The maximum absolute atomic E-state index is 5.75. The van der Waals surface area contributed by atoms with E-state index in [0.717, 1.165) is 25.1 Å². The van der Waals surface area contributed by atoms with Crippen LogP contribution in [-0.4, -0.2) is 19.7 Å². The van der Waals surface area contributed by atoms with Gasteiger partial charge in [0, 0.05) is 18.3 Å². The van der Waals surface area contributed by atoms with Gasteiger partial charge >= 0.3 is 0 Å². The lowest BCUT2D eigenvalue weighted by molar-refractivity contribution is 0.411. The SMILES string of the molecule is COc1cc(C)c(NCCCC(C)N)c(C)c1C. The van der Waals surface area contributed by atoms with Crippen molar-refractivity contribution in [1.29, 1.82) is 0 Å². The molecule has 1 rings (SSSR count). The highest BCUT2D eigenvalue weighted by Gasteiger charge is 2.10. The van der Waals surface area contributed by atoms with Crippen molar-refractivity contribution in [3.05, 3.63) is 22.8 Å². The number of nitrogens with one attached hydrogen (secondary N) is 1. The summed E-state index contributed by atoms with van der Waals surface area (Å²) in [5, 5.41) is 3.52. The van der Waals surface area contributed by atoms with Gasteiger partial charge in [-0.1, -0.05) is 0 Å². The van der Waals surface area contributed by atoms with Crippen LogP contribution in [0.1, 0.15) is 36.5 Å². The first-order valence-corrected chi connectivity index (χ1v) is 6.61. The summed E-state index contributed by atoms with van der Waals surface area (Å²) in [6, 6.07) is 2.38. The minimum atomic E-state index is 0.284. The molecular formula is C15H26N2O. The summed E-state index contributed by atoms with van der Waals surface area (Å²) < 4.78 is 5.37. The number of hydrogen-bond acceptors (Lipinski definition) is 3. The van der Waals surface area contributed by atoms with Crippen molar-refractivity contribution in [2.24, 2.45) is 5.73 Å². The van der Waals surface area contributed by atoms with Crippen LogP contribution in [0, 0.1) is 20.8 Å². The Hall–Kier alpha value is -1.22. The molecule has 0 saturated heterocycles. The van der Waals surface area contributed by atoms with Crippen molar-refractivity contribution in [3.8, 4) is 5.75 Å². The van der Waals surface area contributed by atoms with Gasteiger partial charge in [-0.25, -0.2) is 0 Å². The van der Waals surface area contributed by atoms with Crippen LogP contribution in [0.25, 0.3) is 0 Å². The Kier molecular flexibility index (Phi) is 5.48. The number of anilines is 1. The number of rotatable bonds is 6. The van der Waals surface area contributed by atoms with Gasteiger partial charge in [0.15, 0.2) is 0 Å². The van der Waals surface area contributed by atoms with Crippen molar-refractivity contribution >= 4 is 5.69 Å². The molecule has 3 nitrogen and oxygen atoms in total. The van der Waals surface area contributed by atoms with Gasteiger partial charge < -0.3 is 15.8 Å². The average molecular weight is 250 g/mol. The van der Waals surface area contributed by atoms with E-state index in [1.54, 1.807) is 7.11 Å². The van der Waals surface area contributed by atoms with Crippen molar-refractivity contribution in [3.63, 3.8) is 0 Å². The van der Waals surface area contributed by atoms with Crippen LogP contribution >= 0.6 is 0 Å². The van der Waals surface area contributed by atoms with Gasteiger partial charge in [-0.3, -0.25) is 0 Å². The topological polar surface area (TPSA) is 47.3 Å². The normalized spacial score (nSPS) is 12.3. The second-order valence-electron chi connectivity index (χ2n) is 5.07. The van der Waals surface area contributed by atoms with Crippen LogP contribution in [0.3, 0.4) is 0 Å². The van der Waals surface area contributed by atoms with Crippen LogP contribution in [0.2, 0.25) is 0 Å². The molecule has 0 aliphatic carbocycles. The number of hydrogen-bond donors (Lipinski definition) is 2. The predicted molar refractivity (Wildman–Crippen MR) is 78.6 cm³/mol. The maximum atomic E-state index is 5.75. The van der Waals surface area contributed by atoms with E-state index in [2.05, 4.69) is 32.2 Å². The molecule has 0 spiro atoms. The van der Waals surface area contributed by atoms with Crippen LogP contribution in [0.4, 0.5) is 5.69 Å². The van der Waals surface area contributed by atoms with Gasteiger partial charge in [-0.15, -0.1) is 0 Å². The summed E-state index contributed by atoms with van der Waals surface area (Å²) in [5.41, 5.74) is 10.7. The number of methoxy groups -OCH3 is 1. The fraction of sp³-hybridized carbons (Fsp3) is 0.600. The van der Waals surface area contributed by atoms with E-state index in [0.29, 0.717) is 0 Å². The zero-order valence-corrected chi connectivity index (χ0v) is 12.3. The second-order valence-corrected chi connectivity index (χ2v) is 5.07. The molecule has 0 saturated carbocycles. The standard InChI is InChI=1S/C15H26N2O/c1-10-9-14(18-5)12(3)13(4)15(10)17-8-6-7-11(2)16/h9,11,17H,6-8,16H2,1-5H3. The predicted octanol–water partition coefficient (Wildman–Crippen LogP) is 3.16. The van der Waals surface area contributed by atoms with E-state index >= 15 is 0 Å². The second kappa shape index (κ2) is 6.64. The molecule has 0 aromatic heterocycles. The Bertz CT molecular complexity index is 400. The quantitative estimate of drug-likeness (QED) is 0.762. The Labute approximate surface area is 111 Å². The van der Waals surface area contributed by atoms with Gasteiger partial charge in [0.25, 0.3) is 0 Å². The number of benzene rings is 1. The Balaban J connectivity index is 2.74. The third-order valence-electron chi connectivity index (χ3n) is 3.41. The lowest BCUT2D eigenvalue weighted by Crippen LogP contribution is -2.16. The van der Waals surface area contributed by atoms with Crippen LogP contribution in [0.5, 0.6) is 5.75 Å². The van der Waals surface area contributed by atoms with E-state index in [1.807, 2.05) is 6.92 Å². The molecule has 1 unspecified atom stereocenters. The largest absolute Gasteiger partial charge is 0.496 e. The highest BCUT2D eigenvalue weighted by Crippen LogP contribution is 2.31. The summed E-state index contributed by atoms with van der Waals surface area (Å²) >= 11 is 0. The fourth-order valence-corrected chi connectivity index (χ4v) is 2.17. The molecule has 102 valence electrons. The van der Waals surface area contributed by atoms with E-state index in [-0.39, 0.29) is 6.04 Å². The highest BCUT2D eigenvalue weighted by atomic mass is 16.5.